The molecule has 1 rings (SSSR count). The number of imide groups is 1. The van der Waals surface area contributed by atoms with Crippen LogP contribution in [-0.4, -0.2) is 31.1 Å². The number of amides is 3. The largest absolute Gasteiger partial charge is 0.452 e. The Labute approximate surface area is 123 Å². The number of carbonyl (C=O) groups excluding carboxylic acids is 3. The second-order valence-electron chi connectivity index (χ2n) is 4.76. The van der Waals surface area contributed by atoms with Crippen LogP contribution < -0.4 is 10.6 Å². The van der Waals surface area contributed by atoms with Crippen LogP contribution in [0.3, 0.4) is 0 Å². The van der Waals surface area contributed by atoms with Crippen LogP contribution in [0.1, 0.15) is 34.0 Å². The number of rotatable bonds is 4. The third-order valence-corrected chi connectivity index (χ3v) is 2.81. The standard InChI is InChI=1S/C15H20N2O4/c1-5-16-15(20)17-12(18)8-21-14(19)13-10(3)6-9(2)7-11(13)4/h6-7H,5,8H2,1-4H3,(H2,16,17,18,20). The molecule has 21 heavy (non-hydrogen) atoms. The molecule has 6 heteroatoms. The van der Waals surface area contributed by atoms with Crippen LogP contribution in [0.25, 0.3) is 0 Å². The third-order valence-electron chi connectivity index (χ3n) is 2.81. The van der Waals surface area contributed by atoms with Crippen molar-refractivity contribution in [1.82, 2.24) is 10.6 Å². The van der Waals surface area contributed by atoms with Gasteiger partial charge >= 0.3 is 12.0 Å². The van der Waals surface area contributed by atoms with Crippen molar-refractivity contribution in [3.63, 3.8) is 0 Å². The number of nitrogens with one attached hydrogen (secondary N) is 2. The van der Waals surface area contributed by atoms with Crippen LogP contribution in [0.15, 0.2) is 12.1 Å². The van der Waals surface area contributed by atoms with Crippen molar-refractivity contribution < 1.29 is 19.1 Å². The van der Waals surface area contributed by atoms with Crippen molar-refractivity contribution in [2.75, 3.05) is 13.2 Å². The zero-order chi connectivity index (χ0) is 16.0. The Balaban J connectivity index is 2.63. The Hall–Kier alpha value is -2.37. The SMILES string of the molecule is CCNC(=O)NC(=O)COC(=O)c1c(C)cc(C)cc1C. The van der Waals surface area contributed by atoms with E-state index in [1.165, 1.54) is 0 Å². The van der Waals surface area contributed by atoms with Gasteiger partial charge < -0.3 is 10.1 Å². The minimum Gasteiger partial charge on any atom is -0.452 e. The van der Waals surface area contributed by atoms with Crippen LogP contribution in [0.4, 0.5) is 4.79 Å². The molecule has 6 nitrogen and oxygen atoms in total. The molecule has 0 bridgehead atoms. The van der Waals surface area contributed by atoms with Gasteiger partial charge in [-0.1, -0.05) is 17.7 Å². The molecule has 0 unspecified atom stereocenters. The summed E-state index contributed by atoms with van der Waals surface area (Å²) in [4.78, 5) is 34.6. The van der Waals surface area contributed by atoms with Crippen LogP contribution >= 0.6 is 0 Å². The van der Waals surface area contributed by atoms with E-state index in [0.29, 0.717) is 12.1 Å². The highest BCUT2D eigenvalue weighted by molar-refractivity contribution is 5.97. The van der Waals surface area contributed by atoms with Crippen molar-refractivity contribution >= 4 is 17.9 Å². The van der Waals surface area contributed by atoms with Gasteiger partial charge in [-0.15, -0.1) is 0 Å². The molecule has 0 saturated carbocycles. The van der Waals surface area contributed by atoms with Crippen LogP contribution in [0, 0.1) is 20.8 Å². The quantitative estimate of drug-likeness (QED) is 0.826. The van der Waals surface area contributed by atoms with Gasteiger partial charge in [0.25, 0.3) is 5.91 Å². The predicted octanol–water partition coefficient (Wildman–Crippen LogP) is 1.61. The van der Waals surface area contributed by atoms with Gasteiger partial charge in [0.2, 0.25) is 0 Å². The summed E-state index contributed by atoms with van der Waals surface area (Å²) < 4.78 is 4.94. The van der Waals surface area contributed by atoms with Crippen molar-refractivity contribution in [3.8, 4) is 0 Å². The molecule has 3 amide bonds. The highest BCUT2D eigenvalue weighted by Crippen LogP contribution is 2.17. The monoisotopic (exact) mass is 292 g/mol. The molecular weight excluding hydrogens is 272 g/mol. The fraction of sp³-hybridized carbons (Fsp3) is 0.400. The van der Waals surface area contributed by atoms with E-state index in [1.54, 1.807) is 6.92 Å². The lowest BCUT2D eigenvalue weighted by atomic mass is 10.00. The molecule has 0 aliphatic carbocycles. The highest BCUT2D eigenvalue weighted by atomic mass is 16.5. The average Bonchev–Trinajstić information content (AvgIpc) is 2.35. The number of benzene rings is 1. The first-order valence-electron chi connectivity index (χ1n) is 6.67. The Morgan fingerprint density at radius 2 is 1.67 bits per heavy atom. The van der Waals surface area contributed by atoms with Crippen LogP contribution in [0.2, 0.25) is 0 Å². The van der Waals surface area contributed by atoms with E-state index in [1.807, 2.05) is 32.9 Å². The van der Waals surface area contributed by atoms with Gasteiger partial charge in [-0.05, 0) is 38.8 Å². The molecule has 0 fully saturated rings. The second-order valence-corrected chi connectivity index (χ2v) is 4.76. The summed E-state index contributed by atoms with van der Waals surface area (Å²) in [6.07, 6.45) is 0. The first-order valence-corrected chi connectivity index (χ1v) is 6.67. The lowest BCUT2D eigenvalue weighted by molar-refractivity contribution is -0.123. The summed E-state index contributed by atoms with van der Waals surface area (Å²) in [7, 11) is 0. The van der Waals surface area contributed by atoms with Gasteiger partial charge in [0, 0.05) is 6.54 Å². The number of carbonyl (C=O) groups is 3. The highest BCUT2D eigenvalue weighted by Gasteiger charge is 2.16. The van der Waals surface area contributed by atoms with Gasteiger partial charge in [-0.2, -0.15) is 0 Å². The smallest absolute Gasteiger partial charge is 0.339 e. The van der Waals surface area contributed by atoms with Gasteiger partial charge in [0.05, 0.1) is 5.56 Å². The number of urea groups is 1. The Kier molecular flexibility index (Phi) is 5.90. The topological polar surface area (TPSA) is 84.5 Å². The van der Waals surface area contributed by atoms with E-state index in [2.05, 4.69) is 10.6 Å². The summed E-state index contributed by atoms with van der Waals surface area (Å²) in [5.41, 5.74) is 3.09. The fourth-order valence-corrected chi connectivity index (χ4v) is 2.07. The molecule has 0 aliphatic heterocycles. The molecular formula is C15H20N2O4. The predicted molar refractivity (Wildman–Crippen MR) is 78.2 cm³/mol. The molecule has 0 heterocycles. The minimum atomic E-state index is -0.670. The van der Waals surface area contributed by atoms with E-state index in [-0.39, 0.29) is 0 Å². The van der Waals surface area contributed by atoms with E-state index >= 15 is 0 Å². The third kappa shape index (κ3) is 4.91. The van der Waals surface area contributed by atoms with Gasteiger partial charge in [-0.3, -0.25) is 10.1 Å². The van der Waals surface area contributed by atoms with Crippen molar-refractivity contribution in [3.05, 3.63) is 34.4 Å². The molecule has 1 aromatic carbocycles. The van der Waals surface area contributed by atoms with Gasteiger partial charge in [0.15, 0.2) is 6.61 Å². The maximum Gasteiger partial charge on any atom is 0.339 e. The van der Waals surface area contributed by atoms with Crippen LogP contribution in [0.5, 0.6) is 0 Å². The van der Waals surface area contributed by atoms with E-state index in [9.17, 15) is 14.4 Å². The lowest BCUT2D eigenvalue weighted by Gasteiger charge is -2.11. The Morgan fingerprint density at radius 1 is 1.10 bits per heavy atom. The fourth-order valence-electron chi connectivity index (χ4n) is 2.07. The molecule has 0 saturated heterocycles. The first kappa shape index (κ1) is 16.7. The molecule has 0 aromatic heterocycles. The van der Waals surface area contributed by atoms with E-state index in [0.717, 1.165) is 16.7 Å². The number of esters is 1. The normalized spacial score (nSPS) is 9.90. The molecule has 0 spiro atoms. The summed E-state index contributed by atoms with van der Waals surface area (Å²) in [5.74, 6) is -1.24. The zero-order valence-corrected chi connectivity index (χ0v) is 12.7. The van der Waals surface area contributed by atoms with Crippen LogP contribution in [-0.2, 0) is 9.53 Å². The molecule has 0 radical (unpaired) electrons. The average molecular weight is 292 g/mol. The Bertz CT molecular complexity index is 544. The van der Waals surface area contributed by atoms with E-state index < -0.39 is 24.5 Å². The summed E-state index contributed by atoms with van der Waals surface area (Å²) in [5, 5.41) is 4.47. The maximum atomic E-state index is 12.0. The number of aryl methyl sites for hydroxylation is 3. The zero-order valence-electron chi connectivity index (χ0n) is 12.7. The van der Waals surface area contributed by atoms with Crippen molar-refractivity contribution in [2.45, 2.75) is 27.7 Å². The number of ether oxygens (including phenoxy) is 1. The number of hydrogen-bond donors (Lipinski definition) is 2. The molecule has 0 aliphatic rings. The number of hydrogen-bond acceptors (Lipinski definition) is 4. The maximum absolute atomic E-state index is 12.0. The second kappa shape index (κ2) is 7.42. The minimum absolute atomic E-state index is 0.403. The van der Waals surface area contributed by atoms with E-state index in [4.69, 9.17) is 4.74 Å². The molecule has 0 atom stereocenters. The summed E-state index contributed by atoms with van der Waals surface area (Å²) in [6, 6.07) is 3.14. The lowest BCUT2D eigenvalue weighted by Crippen LogP contribution is -2.41. The van der Waals surface area contributed by atoms with Gasteiger partial charge in [-0.25, -0.2) is 9.59 Å². The summed E-state index contributed by atoms with van der Waals surface area (Å²) >= 11 is 0. The summed E-state index contributed by atoms with van der Waals surface area (Å²) in [6.45, 7) is 7.20. The molecule has 1 aromatic rings. The first-order chi connectivity index (χ1) is 9.85. The van der Waals surface area contributed by atoms with Crippen molar-refractivity contribution in [1.29, 1.82) is 0 Å². The molecule has 2 N–H and O–H groups in total. The molecule has 114 valence electrons. The van der Waals surface area contributed by atoms with Crippen molar-refractivity contribution in [2.24, 2.45) is 0 Å². The van der Waals surface area contributed by atoms with Gasteiger partial charge in [0.1, 0.15) is 0 Å². The Morgan fingerprint density at radius 3 is 2.19 bits per heavy atom.